The summed E-state index contributed by atoms with van der Waals surface area (Å²) in [6, 6.07) is 6.39. The number of aliphatic hydroxyl groups excluding tert-OH is 1. The van der Waals surface area contributed by atoms with E-state index < -0.39 is 0 Å². The van der Waals surface area contributed by atoms with E-state index in [-0.39, 0.29) is 12.2 Å². The Balaban J connectivity index is 2.20. The Morgan fingerprint density at radius 2 is 2.25 bits per heavy atom. The third kappa shape index (κ3) is 2.38. The van der Waals surface area contributed by atoms with Gasteiger partial charge in [0.15, 0.2) is 0 Å². The molecule has 0 aromatic heterocycles. The van der Waals surface area contributed by atoms with Crippen molar-refractivity contribution in [1.82, 2.24) is 0 Å². The molecular formula is C14H20O2. The number of ether oxygens (including phenoxy) is 1. The van der Waals surface area contributed by atoms with Crippen molar-refractivity contribution in [3.8, 4) is 5.75 Å². The number of hydrogen-bond donors (Lipinski definition) is 1. The lowest BCUT2D eigenvalue weighted by Crippen LogP contribution is -2.28. The van der Waals surface area contributed by atoms with Crippen LogP contribution in [0.15, 0.2) is 18.2 Å². The first-order valence-electron chi connectivity index (χ1n) is 6.01. The van der Waals surface area contributed by atoms with Crippen molar-refractivity contribution in [2.24, 2.45) is 0 Å². The molecule has 3 atom stereocenters. The van der Waals surface area contributed by atoms with Gasteiger partial charge in [-0.2, -0.15) is 0 Å². The Bertz CT molecular complexity index is 371. The maximum Gasteiger partial charge on any atom is 0.123 e. The summed E-state index contributed by atoms with van der Waals surface area (Å²) in [5.74, 6) is 1.53. The molecule has 2 nitrogen and oxygen atoms in total. The van der Waals surface area contributed by atoms with E-state index in [9.17, 15) is 5.11 Å². The summed E-state index contributed by atoms with van der Waals surface area (Å²) in [6.07, 6.45) is 1.59. The van der Waals surface area contributed by atoms with Crippen molar-refractivity contribution >= 4 is 0 Å². The van der Waals surface area contributed by atoms with Gasteiger partial charge < -0.3 is 9.84 Å². The smallest absolute Gasteiger partial charge is 0.123 e. The van der Waals surface area contributed by atoms with Crippen LogP contribution in [0, 0.1) is 6.92 Å². The molecule has 0 amide bonds. The van der Waals surface area contributed by atoms with Crippen LogP contribution in [0.25, 0.3) is 0 Å². The van der Waals surface area contributed by atoms with E-state index in [4.69, 9.17) is 4.74 Å². The van der Waals surface area contributed by atoms with Gasteiger partial charge in [-0.05, 0) is 43.4 Å². The highest BCUT2D eigenvalue weighted by Gasteiger charge is 2.26. The van der Waals surface area contributed by atoms with Gasteiger partial charge in [-0.3, -0.25) is 0 Å². The minimum atomic E-state index is -0.288. The molecule has 0 saturated heterocycles. The van der Waals surface area contributed by atoms with E-state index >= 15 is 0 Å². The van der Waals surface area contributed by atoms with Crippen molar-refractivity contribution in [2.45, 2.75) is 51.7 Å². The molecule has 1 heterocycles. The lowest BCUT2D eigenvalue weighted by atomic mass is 9.89. The second-order valence-corrected chi connectivity index (χ2v) is 5.00. The van der Waals surface area contributed by atoms with E-state index in [2.05, 4.69) is 32.0 Å². The van der Waals surface area contributed by atoms with Gasteiger partial charge in [0.1, 0.15) is 11.9 Å². The Morgan fingerprint density at radius 3 is 2.94 bits per heavy atom. The van der Waals surface area contributed by atoms with Crippen LogP contribution in [0.2, 0.25) is 0 Å². The summed E-state index contributed by atoms with van der Waals surface area (Å²) in [4.78, 5) is 0. The second kappa shape index (κ2) is 4.46. The number of aryl methyl sites for hydroxylation is 1. The van der Waals surface area contributed by atoms with Crippen molar-refractivity contribution < 1.29 is 9.84 Å². The van der Waals surface area contributed by atoms with Gasteiger partial charge in [-0.15, -0.1) is 0 Å². The molecule has 2 rings (SSSR count). The van der Waals surface area contributed by atoms with Crippen LogP contribution in [0.1, 0.15) is 43.7 Å². The Kier molecular flexibility index (Phi) is 3.20. The zero-order valence-electron chi connectivity index (χ0n) is 10.2. The van der Waals surface area contributed by atoms with Gasteiger partial charge in [0.25, 0.3) is 0 Å². The summed E-state index contributed by atoms with van der Waals surface area (Å²) in [5, 5.41) is 9.41. The lowest BCUT2D eigenvalue weighted by molar-refractivity contribution is 0.0867. The molecule has 1 aromatic carbocycles. The van der Waals surface area contributed by atoms with Crippen LogP contribution in [0.5, 0.6) is 5.75 Å². The third-order valence-electron chi connectivity index (χ3n) is 3.21. The normalized spacial score (nSPS) is 25.8. The fraction of sp³-hybridized carbons (Fsp3) is 0.571. The van der Waals surface area contributed by atoms with Crippen molar-refractivity contribution in [3.63, 3.8) is 0 Å². The van der Waals surface area contributed by atoms with Crippen LogP contribution < -0.4 is 4.74 Å². The predicted molar refractivity (Wildman–Crippen MR) is 64.9 cm³/mol. The molecule has 88 valence electrons. The molecule has 2 heteroatoms. The Labute approximate surface area is 97.3 Å². The van der Waals surface area contributed by atoms with Gasteiger partial charge in [-0.1, -0.05) is 19.1 Å². The number of aliphatic hydroxyl groups is 1. The Hall–Kier alpha value is -1.02. The standard InChI is InChI=1S/C14H20O2/c1-9-4-5-13-10(2)7-12(8-11(3)15)16-14(13)6-9/h4-6,10-12,15H,7-8H2,1-3H3/t10-,11+,12-/m0/s1. The van der Waals surface area contributed by atoms with E-state index in [1.54, 1.807) is 0 Å². The minimum absolute atomic E-state index is 0.157. The monoisotopic (exact) mass is 220 g/mol. The van der Waals surface area contributed by atoms with Crippen molar-refractivity contribution in [2.75, 3.05) is 0 Å². The molecule has 0 spiro atoms. The summed E-state index contributed by atoms with van der Waals surface area (Å²) < 4.78 is 5.93. The highest BCUT2D eigenvalue weighted by atomic mass is 16.5. The van der Waals surface area contributed by atoms with Gasteiger partial charge in [-0.25, -0.2) is 0 Å². The lowest BCUT2D eigenvalue weighted by Gasteiger charge is -2.31. The molecule has 0 bridgehead atoms. The first-order chi connectivity index (χ1) is 7.56. The van der Waals surface area contributed by atoms with Crippen LogP contribution in [0.3, 0.4) is 0 Å². The van der Waals surface area contributed by atoms with Crippen molar-refractivity contribution in [3.05, 3.63) is 29.3 Å². The summed E-state index contributed by atoms with van der Waals surface area (Å²) in [7, 11) is 0. The largest absolute Gasteiger partial charge is 0.490 e. The molecule has 1 aliphatic rings. The fourth-order valence-electron chi connectivity index (χ4n) is 2.42. The number of benzene rings is 1. The molecule has 16 heavy (non-hydrogen) atoms. The third-order valence-corrected chi connectivity index (χ3v) is 3.21. The molecule has 1 N–H and O–H groups in total. The van der Waals surface area contributed by atoms with Gasteiger partial charge in [0.2, 0.25) is 0 Å². The average molecular weight is 220 g/mol. The molecule has 1 aliphatic heterocycles. The molecule has 0 unspecified atom stereocenters. The molecule has 1 aromatic rings. The first-order valence-corrected chi connectivity index (χ1v) is 6.01. The van der Waals surface area contributed by atoms with Crippen LogP contribution in [-0.4, -0.2) is 17.3 Å². The highest BCUT2D eigenvalue weighted by molar-refractivity contribution is 5.40. The maximum absolute atomic E-state index is 9.41. The van der Waals surface area contributed by atoms with E-state index in [0.29, 0.717) is 5.92 Å². The number of hydrogen-bond acceptors (Lipinski definition) is 2. The first kappa shape index (κ1) is 11.5. The number of rotatable bonds is 2. The molecular weight excluding hydrogens is 200 g/mol. The van der Waals surface area contributed by atoms with Crippen molar-refractivity contribution in [1.29, 1.82) is 0 Å². The summed E-state index contributed by atoms with van der Waals surface area (Å²) in [5.41, 5.74) is 2.52. The molecule has 0 fully saturated rings. The quantitative estimate of drug-likeness (QED) is 0.830. The zero-order chi connectivity index (χ0) is 11.7. The average Bonchev–Trinajstić information content (AvgIpc) is 2.15. The minimum Gasteiger partial charge on any atom is -0.490 e. The highest BCUT2D eigenvalue weighted by Crippen LogP contribution is 2.37. The van der Waals surface area contributed by atoms with Gasteiger partial charge >= 0.3 is 0 Å². The fourth-order valence-corrected chi connectivity index (χ4v) is 2.42. The maximum atomic E-state index is 9.41. The van der Waals surface area contributed by atoms with E-state index in [0.717, 1.165) is 18.6 Å². The van der Waals surface area contributed by atoms with Crippen LogP contribution in [0.4, 0.5) is 0 Å². The van der Waals surface area contributed by atoms with Crippen LogP contribution in [-0.2, 0) is 0 Å². The van der Waals surface area contributed by atoms with Gasteiger partial charge in [0, 0.05) is 6.42 Å². The SMILES string of the molecule is Cc1ccc2c(c1)O[C@H](C[C@@H](C)O)C[C@@H]2C. The second-order valence-electron chi connectivity index (χ2n) is 5.00. The topological polar surface area (TPSA) is 29.5 Å². The molecule has 0 radical (unpaired) electrons. The summed E-state index contributed by atoms with van der Waals surface area (Å²) in [6.45, 7) is 6.12. The molecule has 0 aliphatic carbocycles. The zero-order valence-corrected chi connectivity index (χ0v) is 10.2. The predicted octanol–water partition coefficient (Wildman–Crippen LogP) is 3.02. The Morgan fingerprint density at radius 1 is 1.50 bits per heavy atom. The van der Waals surface area contributed by atoms with E-state index in [1.807, 2.05) is 6.92 Å². The van der Waals surface area contributed by atoms with Gasteiger partial charge in [0.05, 0.1) is 6.10 Å². The molecule has 0 saturated carbocycles. The van der Waals surface area contributed by atoms with E-state index in [1.165, 1.54) is 11.1 Å². The summed E-state index contributed by atoms with van der Waals surface area (Å²) >= 11 is 0. The number of fused-ring (bicyclic) bond motifs is 1. The van der Waals surface area contributed by atoms with Crippen LogP contribution >= 0.6 is 0 Å².